The summed E-state index contributed by atoms with van der Waals surface area (Å²) < 4.78 is 28.1. The zero-order valence-electron chi connectivity index (χ0n) is 5.93. The second kappa shape index (κ2) is 3.71. The van der Waals surface area contributed by atoms with Gasteiger partial charge in [-0.2, -0.15) is 8.78 Å². The van der Waals surface area contributed by atoms with Crippen LogP contribution in [-0.4, -0.2) is 6.61 Å². The Kier molecular flexibility index (Phi) is 2.86. The topological polar surface area (TPSA) is 35.2 Å². The molecule has 0 unspecified atom stereocenters. The van der Waals surface area contributed by atoms with Crippen molar-refractivity contribution in [2.45, 2.75) is 6.61 Å². The number of anilines is 1. The van der Waals surface area contributed by atoms with Gasteiger partial charge < -0.3 is 10.5 Å². The highest BCUT2D eigenvalue weighted by molar-refractivity contribution is 9.10. The molecular formula is C7H6BrF2NO. The molecule has 0 atom stereocenters. The molecule has 0 saturated carbocycles. The summed E-state index contributed by atoms with van der Waals surface area (Å²) in [6.45, 7) is -2.83. The maximum atomic E-state index is 11.7. The number of hydrogen-bond donors (Lipinski definition) is 1. The van der Waals surface area contributed by atoms with Gasteiger partial charge in [0.05, 0.1) is 4.47 Å². The van der Waals surface area contributed by atoms with E-state index in [4.69, 9.17) is 5.73 Å². The average Bonchev–Trinajstić information content (AvgIpc) is 1.96. The smallest absolute Gasteiger partial charge is 0.387 e. The molecule has 1 aromatic rings. The summed E-state index contributed by atoms with van der Waals surface area (Å²) >= 11 is 3.05. The number of ether oxygens (including phenoxy) is 1. The van der Waals surface area contributed by atoms with Crippen LogP contribution >= 0.6 is 15.9 Å². The van der Waals surface area contributed by atoms with Crippen LogP contribution in [0.3, 0.4) is 0 Å². The van der Waals surface area contributed by atoms with Crippen molar-refractivity contribution in [2.75, 3.05) is 5.73 Å². The molecule has 1 rings (SSSR count). The molecule has 0 amide bonds. The molecule has 0 fully saturated rings. The number of nitrogens with two attached hydrogens (primary N) is 1. The number of nitrogen functional groups attached to an aromatic ring is 1. The highest BCUT2D eigenvalue weighted by Crippen LogP contribution is 2.28. The normalized spacial score (nSPS) is 10.3. The maximum absolute atomic E-state index is 11.7. The molecule has 0 spiro atoms. The first-order chi connectivity index (χ1) is 5.59. The van der Waals surface area contributed by atoms with Gasteiger partial charge in [-0.1, -0.05) is 0 Å². The third-order valence-electron chi connectivity index (χ3n) is 1.17. The van der Waals surface area contributed by atoms with E-state index in [0.717, 1.165) is 0 Å². The van der Waals surface area contributed by atoms with Gasteiger partial charge in [-0.05, 0) is 28.1 Å². The predicted octanol–water partition coefficient (Wildman–Crippen LogP) is 2.63. The Morgan fingerprint density at radius 1 is 1.42 bits per heavy atom. The molecule has 5 heteroatoms. The van der Waals surface area contributed by atoms with Crippen molar-refractivity contribution in [1.82, 2.24) is 0 Å². The van der Waals surface area contributed by atoms with Gasteiger partial charge in [-0.15, -0.1) is 0 Å². The van der Waals surface area contributed by atoms with Gasteiger partial charge in [-0.3, -0.25) is 0 Å². The number of alkyl halides is 2. The maximum Gasteiger partial charge on any atom is 0.387 e. The van der Waals surface area contributed by atoms with E-state index in [1.165, 1.54) is 6.07 Å². The third-order valence-corrected chi connectivity index (χ3v) is 1.83. The molecule has 0 aliphatic heterocycles. The minimum absolute atomic E-state index is 0.0463. The summed E-state index contributed by atoms with van der Waals surface area (Å²) in [5.74, 6) is 0.0463. The lowest BCUT2D eigenvalue weighted by atomic mass is 10.3. The van der Waals surface area contributed by atoms with Gasteiger partial charge in [0.25, 0.3) is 0 Å². The minimum atomic E-state index is -2.83. The lowest BCUT2D eigenvalue weighted by Crippen LogP contribution is -2.02. The van der Waals surface area contributed by atoms with Crippen molar-refractivity contribution in [3.05, 3.63) is 22.7 Å². The SMILES string of the molecule is Nc1ccc(Br)c(OC(F)F)c1. The quantitative estimate of drug-likeness (QED) is 0.803. The molecule has 0 aliphatic rings. The zero-order chi connectivity index (χ0) is 9.14. The Morgan fingerprint density at radius 2 is 2.08 bits per heavy atom. The summed E-state index contributed by atoms with van der Waals surface area (Å²) in [4.78, 5) is 0. The fourth-order valence-corrected chi connectivity index (χ4v) is 1.05. The molecule has 0 heterocycles. The third kappa shape index (κ3) is 2.34. The van der Waals surface area contributed by atoms with Gasteiger partial charge in [-0.25, -0.2) is 0 Å². The summed E-state index contributed by atoms with van der Waals surface area (Å²) in [5, 5.41) is 0. The summed E-state index contributed by atoms with van der Waals surface area (Å²) in [7, 11) is 0. The molecule has 0 aliphatic carbocycles. The van der Waals surface area contributed by atoms with Crippen molar-refractivity contribution in [2.24, 2.45) is 0 Å². The largest absolute Gasteiger partial charge is 0.434 e. The molecule has 1 aromatic carbocycles. The fourth-order valence-electron chi connectivity index (χ4n) is 0.706. The molecular weight excluding hydrogens is 232 g/mol. The first-order valence-corrected chi connectivity index (χ1v) is 3.88. The van der Waals surface area contributed by atoms with Gasteiger partial charge in [0.1, 0.15) is 5.75 Å². The van der Waals surface area contributed by atoms with Crippen LogP contribution in [0.25, 0.3) is 0 Å². The van der Waals surface area contributed by atoms with Crippen molar-refractivity contribution in [3.8, 4) is 5.75 Å². The van der Waals surface area contributed by atoms with Crippen LogP contribution in [0.5, 0.6) is 5.75 Å². The molecule has 0 aromatic heterocycles. The van der Waals surface area contributed by atoms with E-state index in [0.29, 0.717) is 10.2 Å². The van der Waals surface area contributed by atoms with Crippen molar-refractivity contribution in [3.63, 3.8) is 0 Å². The van der Waals surface area contributed by atoms with E-state index in [1.807, 2.05) is 0 Å². The first-order valence-electron chi connectivity index (χ1n) is 3.09. The van der Waals surface area contributed by atoms with Gasteiger partial charge in [0, 0.05) is 11.8 Å². The molecule has 0 bridgehead atoms. The minimum Gasteiger partial charge on any atom is -0.434 e. The van der Waals surface area contributed by atoms with Crippen LogP contribution in [-0.2, 0) is 0 Å². The van der Waals surface area contributed by atoms with Crippen LogP contribution in [0, 0.1) is 0 Å². The van der Waals surface area contributed by atoms with E-state index in [2.05, 4.69) is 20.7 Å². The van der Waals surface area contributed by atoms with E-state index < -0.39 is 6.61 Å². The van der Waals surface area contributed by atoms with Crippen molar-refractivity contribution >= 4 is 21.6 Å². The Balaban J connectivity index is 2.90. The van der Waals surface area contributed by atoms with Gasteiger partial charge >= 0.3 is 6.61 Å². The second-order valence-electron chi connectivity index (χ2n) is 2.07. The lowest BCUT2D eigenvalue weighted by molar-refractivity contribution is -0.0503. The molecule has 0 radical (unpaired) electrons. The molecule has 12 heavy (non-hydrogen) atoms. The van der Waals surface area contributed by atoms with Crippen LogP contribution < -0.4 is 10.5 Å². The molecule has 66 valence electrons. The highest BCUT2D eigenvalue weighted by atomic mass is 79.9. The zero-order valence-corrected chi connectivity index (χ0v) is 7.51. The van der Waals surface area contributed by atoms with Gasteiger partial charge in [0.15, 0.2) is 0 Å². The fraction of sp³-hybridized carbons (Fsp3) is 0.143. The van der Waals surface area contributed by atoms with E-state index in [1.54, 1.807) is 12.1 Å². The predicted molar refractivity (Wildman–Crippen MR) is 45.2 cm³/mol. The Bertz CT molecular complexity index is 280. The van der Waals surface area contributed by atoms with Crippen molar-refractivity contribution in [1.29, 1.82) is 0 Å². The number of benzene rings is 1. The van der Waals surface area contributed by atoms with E-state index >= 15 is 0 Å². The first kappa shape index (κ1) is 9.25. The monoisotopic (exact) mass is 237 g/mol. The van der Waals surface area contributed by atoms with E-state index in [9.17, 15) is 8.78 Å². The second-order valence-corrected chi connectivity index (χ2v) is 2.92. The standard InChI is InChI=1S/C7H6BrF2NO/c8-5-2-1-4(11)3-6(5)12-7(9)10/h1-3,7H,11H2. The number of hydrogen-bond acceptors (Lipinski definition) is 2. The molecule has 2 nitrogen and oxygen atoms in total. The van der Waals surface area contributed by atoms with Crippen LogP contribution in [0.15, 0.2) is 22.7 Å². The lowest BCUT2D eigenvalue weighted by Gasteiger charge is -2.06. The van der Waals surface area contributed by atoms with Crippen molar-refractivity contribution < 1.29 is 13.5 Å². The average molecular weight is 238 g/mol. The Morgan fingerprint density at radius 3 is 2.67 bits per heavy atom. The molecule has 2 N–H and O–H groups in total. The number of halogens is 3. The van der Waals surface area contributed by atoms with Gasteiger partial charge in [0.2, 0.25) is 0 Å². The Labute approximate surface area is 76.4 Å². The highest BCUT2D eigenvalue weighted by Gasteiger charge is 2.07. The summed E-state index contributed by atoms with van der Waals surface area (Å²) in [6, 6.07) is 4.46. The van der Waals surface area contributed by atoms with Crippen LogP contribution in [0.4, 0.5) is 14.5 Å². The number of rotatable bonds is 2. The molecule has 0 saturated heterocycles. The summed E-state index contributed by atoms with van der Waals surface area (Å²) in [6.07, 6.45) is 0. The Hall–Kier alpha value is -0.840. The van der Waals surface area contributed by atoms with E-state index in [-0.39, 0.29) is 5.75 Å². The summed E-state index contributed by atoms with van der Waals surface area (Å²) in [5.41, 5.74) is 5.74. The van der Waals surface area contributed by atoms with Crippen LogP contribution in [0.1, 0.15) is 0 Å². The van der Waals surface area contributed by atoms with Crippen LogP contribution in [0.2, 0.25) is 0 Å².